The summed E-state index contributed by atoms with van der Waals surface area (Å²) in [6.45, 7) is 6.24. The molecule has 1 aliphatic rings. The zero-order valence-electron chi connectivity index (χ0n) is 15.2. The van der Waals surface area contributed by atoms with Crippen molar-refractivity contribution in [3.63, 3.8) is 0 Å². The van der Waals surface area contributed by atoms with E-state index in [0.29, 0.717) is 17.7 Å². The third kappa shape index (κ3) is 4.24. The number of hydrogen-bond donors (Lipinski definition) is 1. The van der Waals surface area contributed by atoms with E-state index >= 15 is 0 Å². The number of para-hydroxylation sites is 1. The summed E-state index contributed by atoms with van der Waals surface area (Å²) in [4.78, 5) is 12.4. The Kier molecular flexibility index (Phi) is 5.78. The van der Waals surface area contributed by atoms with Gasteiger partial charge in [0.25, 0.3) is 0 Å². The molecule has 0 radical (unpaired) electrons. The molecule has 1 aromatic carbocycles. The van der Waals surface area contributed by atoms with Crippen molar-refractivity contribution in [1.29, 1.82) is 0 Å². The van der Waals surface area contributed by atoms with Gasteiger partial charge in [-0.25, -0.2) is 0 Å². The Labute approximate surface area is 153 Å². The van der Waals surface area contributed by atoms with Crippen molar-refractivity contribution in [2.45, 2.75) is 57.7 Å². The van der Waals surface area contributed by atoms with Crippen LogP contribution in [-0.2, 0) is 4.79 Å². The molecule has 2 aromatic rings. The van der Waals surface area contributed by atoms with E-state index in [0.717, 1.165) is 28.7 Å². The van der Waals surface area contributed by atoms with E-state index in [-0.39, 0.29) is 5.91 Å². The number of carbonyl (C=O) groups is 1. The van der Waals surface area contributed by atoms with Crippen LogP contribution < -0.4 is 5.32 Å². The lowest BCUT2D eigenvalue weighted by atomic mass is 9.86. The minimum atomic E-state index is 0.0840. The summed E-state index contributed by atoms with van der Waals surface area (Å²) >= 11 is 1.45. The molecule has 1 aliphatic carbocycles. The molecule has 0 unspecified atom stereocenters. The van der Waals surface area contributed by atoms with Gasteiger partial charge in [-0.15, -0.1) is 10.2 Å². The fraction of sp³-hybridized carbons (Fsp3) is 0.526. The molecule has 0 bridgehead atoms. The summed E-state index contributed by atoms with van der Waals surface area (Å²) in [6.07, 6.45) is 4.79. The van der Waals surface area contributed by atoms with E-state index < -0.39 is 0 Å². The Hall–Kier alpha value is -1.82. The summed E-state index contributed by atoms with van der Waals surface area (Å²) in [6, 6.07) is 8.47. The van der Waals surface area contributed by atoms with Gasteiger partial charge in [0.15, 0.2) is 5.16 Å². The lowest BCUT2D eigenvalue weighted by molar-refractivity contribution is -0.119. The summed E-state index contributed by atoms with van der Waals surface area (Å²) in [7, 11) is 0. The van der Waals surface area contributed by atoms with Crippen molar-refractivity contribution in [3.8, 4) is 5.69 Å². The Morgan fingerprint density at radius 3 is 2.76 bits per heavy atom. The van der Waals surface area contributed by atoms with Crippen LogP contribution >= 0.6 is 11.8 Å². The number of benzene rings is 1. The number of aromatic nitrogens is 3. The van der Waals surface area contributed by atoms with Gasteiger partial charge in [-0.1, -0.05) is 49.7 Å². The first-order valence-corrected chi connectivity index (χ1v) is 9.95. The molecule has 2 atom stereocenters. The maximum absolute atomic E-state index is 12.4. The number of thioether (sulfide) groups is 1. The molecule has 1 amide bonds. The Morgan fingerprint density at radius 2 is 2.00 bits per heavy atom. The van der Waals surface area contributed by atoms with Gasteiger partial charge in [0.2, 0.25) is 5.91 Å². The topological polar surface area (TPSA) is 59.8 Å². The second kappa shape index (κ2) is 8.04. The van der Waals surface area contributed by atoms with Gasteiger partial charge >= 0.3 is 0 Å². The molecule has 1 heterocycles. The lowest BCUT2D eigenvalue weighted by Crippen LogP contribution is -2.41. The highest BCUT2D eigenvalue weighted by atomic mass is 32.2. The summed E-state index contributed by atoms with van der Waals surface area (Å²) in [5.74, 6) is 1.85. The Bertz CT molecular complexity index is 743. The highest BCUT2D eigenvalue weighted by Gasteiger charge is 2.23. The monoisotopic (exact) mass is 358 g/mol. The summed E-state index contributed by atoms with van der Waals surface area (Å²) in [5.41, 5.74) is 2.22. The highest BCUT2D eigenvalue weighted by molar-refractivity contribution is 7.99. The molecular formula is C19H26N4OS. The standard InChI is InChI=1S/C19H26N4OS/c1-13-8-4-6-10-16(13)20-18(24)12-25-19-22-21-15(3)23(19)17-11-7-5-9-14(17)2/h5,7,9,11,13,16H,4,6,8,10,12H2,1-3H3,(H,20,24)/t13-,16-/m1/s1. The lowest BCUT2D eigenvalue weighted by Gasteiger charge is -2.29. The van der Waals surface area contributed by atoms with E-state index in [1.807, 2.05) is 23.6 Å². The molecular weight excluding hydrogens is 332 g/mol. The van der Waals surface area contributed by atoms with Crippen molar-refractivity contribution in [1.82, 2.24) is 20.1 Å². The average molecular weight is 359 g/mol. The first-order valence-electron chi connectivity index (χ1n) is 8.96. The van der Waals surface area contributed by atoms with Crippen molar-refractivity contribution in [2.24, 2.45) is 5.92 Å². The van der Waals surface area contributed by atoms with Gasteiger partial charge in [0.1, 0.15) is 5.82 Å². The number of rotatable bonds is 5. The number of amides is 1. The van der Waals surface area contributed by atoms with Crippen molar-refractivity contribution in [3.05, 3.63) is 35.7 Å². The molecule has 3 rings (SSSR count). The average Bonchev–Trinajstić information content (AvgIpc) is 2.96. The first kappa shape index (κ1) is 18.0. The fourth-order valence-corrected chi connectivity index (χ4v) is 4.24. The fourth-order valence-electron chi connectivity index (χ4n) is 3.44. The molecule has 1 fully saturated rings. The SMILES string of the molecule is Cc1ccccc1-n1c(C)nnc1SCC(=O)N[C@@H]1CCCC[C@H]1C. The van der Waals surface area contributed by atoms with Gasteiger partial charge < -0.3 is 5.32 Å². The maximum atomic E-state index is 12.4. The van der Waals surface area contributed by atoms with Crippen LogP contribution in [0.5, 0.6) is 0 Å². The Balaban J connectivity index is 1.66. The molecule has 0 spiro atoms. The molecule has 25 heavy (non-hydrogen) atoms. The minimum absolute atomic E-state index is 0.0840. The first-order chi connectivity index (χ1) is 12.1. The van der Waals surface area contributed by atoms with E-state index in [9.17, 15) is 4.79 Å². The van der Waals surface area contributed by atoms with Crippen LogP contribution in [0.1, 0.15) is 44.0 Å². The number of hydrogen-bond acceptors (Lipinski definition) is 4. The van der Waals surface area contributed by atoms with Gasteiger partial charge in [-0.05, 0) is 44.2 Å². The third-order valence-corrected chi connectivity index (χ3v) is 5.87. The summed E-state index contributed by atoms with van der Waals surface area (Å²) < 4.78 is 2.02. The van der Waals surface area contributed by atoms with Gasteiger partial charge in [-0.3, -0.25) is 9.36 Å². The number of carbonyl (C=O) groups excluding carboxylic acids is 1. The van der Waals surface area contributed by atoms with Crippen LogP contribution in [0.2, 0.25) is 0 Å². The molecule has 1 N–H and O–H groups in total. The largest absolute Gasteiger partial charge is 0.352 e. The smallest absolute Gasteiger partial charge is 0.230 e. The van der Waals surface area contributed by atoms with E-state index in [2.05, 4.69) is 41.5 Å². The van der Waals surface area contributed by atoms with Crippen LogP contribution in [0.3, 0.4) is 0 Å². The van der Waals surface area contributed by atoms with Crippen LogP contribution in [0.4, 0.5) is 0 Å². The second-order valence-corrected chi connectivity index (χ2v) is 7.82. The van der Waals surface area contributed by atoms with Gasteiger partial charge in [0.05, 0.1) is 11.4 Å². The van der Waals surface area contributed by atoms with Crippen LogP contribution in [-0.4, -0.2) is 32.5 Å². The molecule has 0 aliphatic heterocycles. The molecule has 1 saturated carbocycles. The molecule has 134 valence electrons. The van der Waals surface area contributed by atoms with Crippen molar-refractivity contribution in [2.75, 3.05) is 5.75 Å². The normalized spacial score (nSPS) is 20.4. The summed E-state index contributed by atoms with van der Waals surface area (Å²) in [5, 5.41) is 12.4. The van der Waals surface area contributed by atoms with Crippen LogP contribution in [0.15, 0.2) is 29.4 Å². The maximum Gasteiger partial charge on any atom is 0.230 e. The van der Waals surface area contributed by atoms with Crippen molar-refractivity contribution >= 4 is 17.7 Å². The van der Waals surface area contributed by atoms with E-state index in [4.69, 9.17) is 0 Å². The predicted octanol–water partition coefficient (Wildman–Crippen LogP) is 3.67. The Morgan fingerprint density at radius 1 is 1.24 bits per heavy atom. The van der Waals surface area contributed by atoms with Gasteiger partial charge in [0, 0.05) is 6.04 Å². The molecule has 0 saturated heterocycles. The zero-order valence-corrected chi connectivity index (χ0v) is 16.0. The van der Waals surface area contributed by atoms with Crippen LogP contribution in [0.25, 0.3) is 5.69 Å². The quantitative estimate of drug-likeness (QED) is 0.829. The van der Waals surface area contributed by atoms with Gasteiger partial charge in [-0.2, -0.15) is 0 Å². The van der Waals surface area contributed by atoms with E-state index in [1.54, 1.807) is 0 Å². The van der Waals surface area contributed by atoms with E-state index in [1.165, 1.54) is 31.0 Å². The highest BCUT2D eigenvalue weighted by Crippen LogP contribution is 2.25. The van der Waals surface area contributed by atoms with Crippen LogP contribution in [0, 0.1) is 19.8 Å². The zero-order chi connectivity index (χ0) is 17.8. The second-order valence-electron chi connectivity index (χ2n) is 6.88. The molecule has 6 heteroatoms. The third-order valence-electron chi connectivity index (χ3n) is 4.94. The van der Waals surface area contributed by atoms with Crippen molar-refractivity contribution < 1.29 is 4.79 Å². The number of nitrogens with zero attached hydrogens (tertiary/aromatic N) is 3. The minimum Gasteiger partial charge on any atom is -0.352 e. The predicted molar refractivity (Wildman–Crippen MR) is 101 cm³/mol. The number of aryl methyl sites for hydroxylation is 2. The molecule has 5 nitrogen and oxygen atoms in total. The molecule has 1 aromatic heterocycles. The number of nitrogens with one attached hydrogen (secondary N) is 1.